The molecule has 3 nitrogen and oxygen atoms in total. The van der Waals surface area contributed by atoms with E-state index in [0.717, 1.165) is 6.54 Å². The van der Waals surface area contributed by atoms with Crippen molar-refractivity contribution in [2.75, 3.05) is 19.6 Å². The van der Waals surface area contributed by atoms with Gasteiger partial charge in [0.25, 0.3) is 0 Å². The molecule has 1 spiro atoms. The molecule has 20 heavy (non-hydrogen) atoms. The van der Waals surface area contributed by atoms with Crippen LogP contribution in [0.2, 0.25) is 0 Å². The summed E-state index contributed by atoms with van der Waals surface area (Å²) in [5.74, 6) is 0. The molecule has 0 bridgehead atoms. The van der Waals surface area contributed by atoms with Crippen LogP contribution in [0.15, 0.2) is 0 Å². The minimum atomic E-state index is 0.103. The van der Waals surface area contributed by atoms with Crippen molar-refractivity contribution in [3.63, 3.8) is 0 Å². The Morgan fingerprint density at radius 1 is 1.20 bits per heavy atom. The number of hydrogen-bond donors (Lipinski definition) is 1. The number of nitrogens with zero attached hydrogens (tertiary/aromatic N) is 1. The van der Waals surface area contributed by atoms with Crippen LogP contribution >= 0.6 is 0 Å². The highest BCUT2D eigenvalue weighted by molar-refractivity contribution is 5.01. The van der Waals surface area contributed by atoms with E-state index in [0.29, 0.717) is 17.7 Å². The molecule has 0 aromatic heterocycles. The first kappa shape index (κ1) is 14.8. The van der Waals surface area contributed by atoms with Gasteiger partial charge in [0.2, 0.25) is 0 Å². The van der Waals surface area contributed by atoms with E-state index in [1.807, 2.05) is 0 Å². The summed E-state index contributed by atoms with van der Waals surface area (Å²) in [5, 5.41) is 3.88. The first-order valence-corrected chi connectivity index (χ1v) is 8.69. The molecule has 0 radical (unpaired) electrons. The Balaban J connectivity index is 1.62. The SMILES string of the molecule is CCC1CNC2(CCCC2)CN1CC1CCC(C)(C)O1. The van der Waals surface area contributed by atoms with Crippen LogP contribution in [0.25, 0.3) is 0 Å². The van der Waals surface area contributed by atoms with Crippen molar-refractivity contribution in [2.45, 2.75) is 89.0 Å². The molecule has 1 N–H and O–H groups in total. The second-order valence-electron chi connectivity index (χ2n) is 7.90. The van der Waals surface area contributed by atoms with E-state index < -0.39 is 0 Å². The summed E-state index contributed by atoms with van der Waals surface area (Å²) in [5.41, 5.74) is 0.533. The summed E-state index contributed by atoms with van der Waals surface area (Å²) in [6.07, 6.45) is 9.71. The molecule has 2 unspecified atom stereocenters. The van der Waals surface area contributed by atoms with Crippen LogP contribution in [0.3, 0.4) is 0 Å². The van der Waals surface area contributed by atoms with Gasteiger partial charge in [0, 0.05) is 31.2 Å². The van der Waals surface area contributed by atoms with Crippen molar-refractivity contribution in [3.05, 3.63) is 0 Å². The average molecular weight is 280 g/mol. The van der Waals surface area contributed by atoms with Gasteiger partial charge in [-0.25, -0.2) is 0 Å². The van der Waals surface area contributed by atoms with Gasteiger partial charge in [-0.15, -0.1) is 0 Å². The lowest BCUT2D eigenvalue weighted by atomic mass is 9.91. The quantitative estimate of drug-likeness (QED) is 0.860. The van der Waals surface area contributed by atoms with Crippen LogP contribution in [0.1, 0.15) is 65.7 Å². The maximum Gasteiger partial charge on any atom is 0.0710 e. The highest BCUT2D eigenvalue weighted by Gasteiger charge is 2.42. The van der Waals surface area contributed by atoms with Gasteiger partial charge in [-0.1, -0.05) is 19.8 Å². The normalized spacial score (nSPS) is 36.8. The van der Waals surface area contributed by atoms with Gasteiger partial charge in [0.1, 0.15) is 0 Å². The molecule has 116 valence electrons. The minimum absolute atomic E-state index is 0.103. The zero-order valence-electron chi connectivity index (χ0n) is 13.6. The Bertz CT molecular complexity index is 336. The molecule has 3 fully saturated rings. The monoisotopic (exact) mass is 280 g/mol. The van der Waals surface area contributed by atoms with Crippen molar-refractivity contribution in [1.29, 1.82) is 0 Å². The van der Waals surface area contributed by atoms with Gasteiger partial charge >= 0.3 is 0 Å². The summed E-state index contributed by atoms with van der Waals surface area (Å²) in [7, 11) is 0. The zero-order chi connectivity index (χ0) is 14.2. The average Bonchev–Trinajstić information content (AvgIpc) is 2.97. The van der Waals surface area contributed by atoms with Crippen LogP contribution in [-0.4, -0.2) is 47.8 Å². The predicted molar refractivity (Wildman–Crippen MR) is 83.0 cm³/mol. The van der Waals surface area contributed by atoms with Crippen molar-refractivity contribution in [1.82, 2.24) is 10.2 Å². The minimum Gasteiger partial charge on any atom is -0.371 e. The smallest absolute Gasteiger partial charge is 0.0710 e. The summed E-state index contributed by atoms with van der Waals surface area (Å²) in [4.78, 5) is 2.74. The number of piperazine rings is 1. The molecule has 0 aromatic rings. The van der Waals surface area contributed by atoms with Gasteiger partial charge in [0.05, 0.1) is 11.7 Å². The molecular weight excluding hydrogens is 248 g/mol. The molecule has 3 heteroatoms. The molecule has 3 rings (SSSR count). The predicted octanol–water partition coefficient (Wildman–Crippen LogP) is 2.94. The molecule has 0 amide bonds. The Labute approximate surface area is 124 Å². The van der Waals surface area contributed by atoms with Gasteiger partial charge in [-0.3, -0.25) is 4.90 Å². The summed E-state index contributed by atoms with van der Waals surface area (Å²) >= 11 is 0. The van der Waals surface area contributed by atoms with Gasteiger partial charge < -0.3 is 10.1 Å². The highest BCUT2D eigenvalue weighted by atomic mass is 16.5. The maximum atomic E-state index is 6.23. The molecular formula is C17H32N2O. The fraction of sp³-hybridized carbons (Fsp3) is 1.00. The third-order valence-corrected chi connectivity index (χ3v) is 5.76. The second kappa shape index (κ2) is 5.58. The fourth-order valence-corrected chi connectivity index (χ4v) is 4.51. The van der Waals surface area contributed by atoms with Gasteiger partial charge in [0.15, 0.2) is 0 Å². The van der Waals surface area contributed by atoms with Crippen molar-refractivity contribution >= 4 is 0 Å². The summed E-state index contributed by atoms with van der Waals surface area (Å²) in [6.45, 7) is 10.4. The van der Waals surface area contributed by atoms with E-state index in [1.165, 1.54) is 58.0 Å². The van der Waals surface area contributed by atoms with E-state index >= 15 is 0 Å². The third-order valence-electron chi connectivity index (χ3n) is 5.76. The van der Waals surface area contributed by atoms with E-state index in [4.69, 9.17) is 4.74 Å². The van der Waals surface area contributed by atoms with Crippen LogP contribution in [-0.2, 0) is 4.74 Å². The molecule has 1 aliphatic carbocycles. The lowest BCUT2D eigenvalue weighted by molar-refractivity contribution is -0.0438. The number of hydrogen-bond acceptors (Lipinski definition) is 3. The molecule has 0 aromatic carbocycles. The summed E-state index contributed by atoms with van der Waals surface area (Å²) in [6, 6.07) is 0.702. The molecule has 3 aliphatic rings. The van der Waals surface area contributed by atoms with Crippen molar-refractivity contribution in [3.8, 4) is 0 Å². The van der Waals surface area contributed by atoms with E-state index in [2.05, 4.69) is 31.0 Å². The largest absolute Gasteiger partial charge is 0.371 e. The Morgan fingerprint density at radius 3 is 2.55 bits per heavy atom. The molecule has 2 saturated heterocycles. The van der Waals surface area contributed by atoms with Crippen molar-refractivity contribution in [2.24, 2.45) is 0 Å². The van der Waals surface area contributed by atoms with Gasteiger partial charge in [-0.2, -0.15) is 0 Å². The topological polar surface area (TPSA) is 24.5 Å². The number of ether oxygens (including phenoxy) is 1. The third kappa shape index (κ3) is 3.05. The van der Waals surface area contributed by atoms with Crippen LogP contribution in [0.4, 0.5) is 0 Å². The Morgan fingerprint density at radius 2 is 1.95 bits per heavy atom. The fourth-order valence-electron chi connectivity index (χ4n) is 4.51. The number of nitrogens with one attached hydrogen (secondary N) is 1. The number of rotatable bonds is 3. The van der Waals surface area contributed by atoms with Crippen LogP contribution in [0, 0.1) is 0 Å². The van der Waals surface area contributed by atoms with E-state index in [1.54, 1.807) is 0 Å². The molecule has 1 saturated carbocycles. The zero-order valence-corrected chi connectivity index (χ0v) is 13.6. The molecule has 2 aliphatic heterocycles. The van der Waals surface area contributed by atoms with E-state index in [-0.39, 0.29) is 5.60 Å². The van der Waals surface area contributed by atoms with Gasteiger partial charge in [-0.05, 0) is 46.0 Å². The van der Waals surface area contributed by atoms with E-state index in [9.17, 15) is 0 Å². The Hall–Kier alpha value is -0.120. The maximum absolute atomic E-state index is 6.23. The lowest BCUT2D eigenvalue weighted by Gasteiger charge is -2.47. The Kier molecular flexibility index (Phi) is 4.13. The first-order valence-electron chi connectivity index (χ1n) is 8.69. The van der Waals surface area contributed by atoms with Crippen LogP contribution in [0.5, 0.6) is 0 Å². The molecule has 2 atom stereocenters. The standard InChI is InChI=1S/C17H32N2O/c1-4-14-11-18-17(8-5-6-9-17)13-19(14)12-15-7-10-16(2,3)20-15/h14-15,18H,4-13H2,1-3H3. The van der Waals surface area contributed by atoms with Crippen molar-refractivity contribution < 1.29 is 4.74 Å². The first-order chi connectivity index (χ1) is 9.52. The molecule has 2 heterocycles. The second-order valence-corrected chi connectivity index (χ2v) is 7.90. The lowest BCUT2D eigenvalue weighted by Crippen LogP contribution is -2.63. The highest BCUT2D eigenvalue weighted by Crippen LogP contribution is 2.35. The van der Waals surface area contributed by atoms with Crippen LogP contribution < -0.4 is 5.32 Å². The summed E-state index contributed by atoms with van der Waals surface area (Å²) < 4.78 is 6.23.